The molecular weight excluding hydrogens is 444 g/mol. The van der Waals surface area contributed by atoms with Gasteiger partial charge in [-0.1, -0.05) is 6.42 Å². The number of carbonyl (C=O) groups is 2. The summed E-state index contributed by atoms with van der Waals surface area (Å²) in [6, 6.07) is 10.3. The molecule has 3 aromatic rings. The number of likely N-dealkylation sites (tertiary alicyclic amines) is 1. The molecule has 1 aliphatic carbocycles. The number of benzene rings is 1. The van der Waals surface area contributed by atoms with E-state index in [1.54, 1.807) is 32.8 Å². The van der Waals surface area contributed by atoms with Crippen molar-refractivity contribution >= 4 is 23.1 Å². The van der Waals surface area contributed by atoms with Gasteiger partial charge in [0.2, 0.25) is 5.91 Å². The van der Waals surface area contributed by atoms with Crippen LogP contribution in [0, 0.1) is 0 Å². The second kappa shape index (κ2) is 9.30. The fourth-order valence-corrected chi connectivity index (χ4v) is 5.28. The predicted molar refractivity (Wildman–Crippen MR) is 131 cm³/mol. The van der Waals surface area contributed by atoms with Crippen molar-refractivity contribution in [3.8, 4) is 5.75 Å². The maximum absolute atomic E-state index is 13.0. The van der Waals surface area contributed by atoms with Gasteiger partial charge in [-0.2, -0.15) is 5.10 Å². The van der Waals surface area contributed by atoms with E-state index in [1.165, 1.54) is 25.5 Å². The normalized spacial score (nSPS) is 20.3. The van der Waals surface area contributed by atoms with E-state index in [9.17, 15) is 9.59 Å². The van der Waals surface area contributed by atoms with Crippen LogP contribution in [0.25, 0.3) is 5.65 Å². The Hall–Kier alpha value is -3.46. The topological polar surface area (TPSA) is 83.3 Å². The number of anilines is 1. The average molecular weight is 475 g/mol. The Morgan fingerprint density at radius 1 is 1.00 bits per heavy atom. The van der Waals surface area contributed by atoms with Gasteiger partial charge >= 0.3 is 0 Å². The van der Waals surface area contributed by atoms with Crippen molar-refractivity contribution in [1.29, 1.82) is 0 Å². The van der Waals surface area contributed by atoms with E-state index >= 15 is 0 Å². The van der Waals surface area contributed by atoms with Gasteiger partial charge in [-0.25, -0.2) is 9.50 Å². The molecule has 2 amide bonds. The van der Waals surface area contributed by atoms with Crippen LogP contribution in [-0.2, 0) is 4.79 Å². The third-order valence-corrected chi connectivity index (χ3v) is 7.54. The molecule has 2 aliphatic heterocycles. The Labute approximate surface area is 204 Å². The smallest absolute Gasteiger partial charge is 0.259 e. The standard InChI is InChI=1S/C26H30N6O3/c33-24-18-30(26(34)23-17-28-32-12-2-11-27-25(23)32)15-16-31(24)20-5-7-21(8-6-20)35-22-9-13-29(14-10-22)19-3-1-4-19/h2,5-8,11-12,17,19,22H,1,3-4,9-10,13-16,18H2. The molecule has 0 atom stereocenters. The van der Waals surface area contributed by atoms with Gasteiger partial charge in [0.25, 0.3) is 5.91 Å². The molecule has 3 fully saturated rings. The van der Waals surface area contributed by atoms with E-state index in [4.69, 9.17) is 4.74 Å². The zero-order chi connectivity index (χ0) is 23.8. The zero-order valence-electron chi connectivity index (χ0n) is 19.8. The second-order valence-electron chi connectivity index (χ2n) is 9.65. The summed E-state index contributed by atoms with van der Waals surface area (Å²) in [5, 5.41) is 4.18. The van der Waals surface area contributed by atoms with Crippen molar-refractivity contribution in [2.75, 3.05) is 37.6 Å². The Bertz CT molecular complexity index is 1210. The Morgan fingerprint density at radius 3 is 2.51 bits per heavy atom. The van der Waals surface area contributed by atoms with Crippen LogP contribution in [0.1, 0.15) is 42.5 Å². The molecule has 6 rings (SSSR count). The van der Waals surface area contributed by atoms with Crippen molar-refractivity contribution in [3.05, 3.63) is 54.5 Å². The van der Waals surface area contributed by atoms with Crippen LogP contribution in [0.4, 0.5) is 5.69 Å². The average Bonchev–Trinajstić information content (AvgIpc) is 3.28. The SMILES string of the molecule is O=C(c1cnn2cccnc12)N1CCN(c2ccc(OC3CCN(C4CCC4)CC3)cc2)C(=O)C1. The number of rotatable bonds is 5. The number of nitrogens with zero attached hydrogens (tertiary/aromatic N) is 6. The van der Waals surface area contributed by atoms with Crippen LogP contribution in [0.2, 0.25) is 0 Å². The first kappa shape index (κ1) is 22.0. The number of carbonyl (C=O) groups excluding carboxylic acids is 2. The van der Waals surface area contributed by atoms with Crippen molar-refractivity contribution < 1.29 is 14.3 Å². The molecule has 9 heteroatoms. The molecule has 3 aliphatic rings. The third kappa shape index (κ3) is 4.36. The molecule has 0 unspecified atom stereocenters. The Kier molecular flexibility index (Phi) is 5.85. The number of ether oxygens (including phenoxy) is 1. The van der Waals surface area contributed by atoms with Gasteiger partial charge in [0.05, 0.1) is 6.20 Å². The number of hydrogen-bond donors (Lipinski definition) is 0. The first-order valence-electron chi connectivity index (χ1n) is 12.5. The van der Waals surface area contributed by atoms with Gasteiger partial charge in [0.1, 0.15) is 24.0 Å². The number of aromatic nitrogens is 3. The summed E-state index contributed by atoms with van der Waals surface area (Å²) in [6.07, 6.45) is 11.3. The van der Waals surface area contributed by atoms with Crippen molar-refractivity contribution in [2.45, 2.75) is 44.2 Å². The molecule has 0 bridgehead atoms. The molecule has 0 spiro atoms. The first-order valence-corrected chi connectivity index (χ1v) is 12.5. The fourth-order valence-electron chi connectivity index (χ4n) is 5.28. The van der Waals surface area contributed by atoms with Crippen LogP contribution in [0.15, 0.2) is 48.9 Å². The molecule has 35 heavy (non-hydrogen) atoms. The lowest BCUT2D eigenvalue weighted by molar-refractivity contribution is -0.120. The zero-order valence-corrected chi connectivity index (χ0v) is 19.8. The van der Waals surface area contributed by atoms with Gasteiger partial charge in [-0.05, 0) is 56.0 Å². The summed E-state index contributed by atoms with van der Waals surface area (Å²) in [5.41, 5.74) is 1.73. The molecule has 2 saturated heterocycles. The predicted octanol–water partition coefficient (Wildman–Crippen LogP) is 2.61. The van der Waals surface area contributed by atoms with E-state index in [2.05, 4.69) is 15.0 Å². The number of piperazine rings is 1. The Morgan fingerprint density at radius 2 is 1.80 bits per heavy atom. The summed E-state index contributed by atoms with van der Waals surface area (Å²) >= 11 is 0. The molecule has 1 aromatic carbocycles. The molecule has 1 saturated carbocycles. The summed E-state index contributed by atoms with van der Waals surface area (Å²) in [7, 11) is 0. The lowest BCUT2D eigenvalue weighted by Gasteiger charge is -2.41. The van der Waals surface area contributed by atoms with Crippen LogP contribution in [0.3, 0.4) is 0 Å². The summed E-state index contributed by atoms with van der Waals surface area (Å²) in [4.78, 5) is 36.1. The monoisotopic (exact) mass is 474 g/mol. The second-order valence-corrected chi connectivity index (χ2v) is 9.65. The van der Waals surface area contributed by atoms with Crippen LogP contribution < -0.4 is 9.64 Å². The van der Waals surface area contributed by atoms with Gasteiger partial charge in [-0.15, -0.1) is 0 Å². The van der Waals surface area contributed by atoms with E-state index < -0.39 is 0 Å². The van der Waals surface area contributed by atoms with Gasteiger partial charge in [0, 0.05) is 50.3 Å². The first-order chi connectivity index (χ1) is 17.2. The van der Waals surface area contributed by atoms with E-state index in [1.807, 2.05) is 24.3 Å². The quantitative estimate of drug-likeness (QED) is 0.565. The number of amides is 2. The molecule has 0 N–H and O–H groups in total. The summed E-state index contributed by atoms with van der Waals surface area (Å²) in [6.45, 7) is 3.16. The molecule has 0 radical (unpaired) electrons. The highest BCUT2D eigenvalue weighted by molar-refractivity contribution is 6.04. The van der Waals surface area contributed by atoms with E-state index in [0.717, 1.165) is 43.4 Å². The Balaban J connectivity index is 1.04. The van der Waals surface area contributed by atoms with Crippen molar-refractivity contribution in [2.24, 2.45) is 0 Å². The van der Waals surface area contributed by atoms with Crippen LogP contribution >= 0.6 is 0 Å². The minimum atomic E-state index is -0.223. The molecular formula is C26H30N6O3. The molecule has 2 aromatic heterocycles. The third-order valence-electron chi connectivity index (χ3n) is 7.54. The highest BCUT2D eigenvalue weighted by atomic mass is 16.5. The van der Waals surface area contributed by atoms with Crippen LogP contribution in [0.5, 0.6) is 5.75 Å². The highest BCUT2D eigenvalue weighted by Crippen LogP contribution is 2.29. The van der Waals surface area contributed by atoms with Crippen molar-refractivity contribution in [1.82, 2.24) is 24.4 Å². The van der Waals surface area contributed by atoms with Gasteiger partial charge in [-0.3, -0.25) is 9.59 Å². The lowest BCUT2D eigenvalue weighted by atomic mass is 9.90. The highest BCUT2D eigenvalue weighted by Gasteiger charge is 2.31. The fraction of sp³-hybridized carbons (Fsp3) is 0.462. The number of piperidine rings is 1. The van der Waals surface area contributed by atoms with Gasteiger partial charge in [0.15, 0.2) is 5.65 Å². The van der Waals surface area contributed by atoms with Crippen molar-refractivity contribution in [3.63, 3.8) is 0 Å². The molecule has 182 valence electrons. The number of fused-ring (bicyclic) bond motifs is 1. The van der Waals surface area contributed by atoms with E-state index in [-0.39, 0.29) is 24.5 Å². The minimum Gasteiger partial charge on any atom is -0.490 e. The van der Waals surface area contributed by atoms with Gasteiger partial charge < -0.3 is 19.4 Å². The molecule has 9 nitrogen and oxygen atoms in total. The number of hydrogen-bond acceptors (Lipinski definition) is 6. The maximum atomic E-state index is 13.0. The maximum Gasteiger partial charge on any atom is 0.259 e. The van der Waals surface area contributed by atoms with E-state index in [0.29, 0.717) is 24.3 Å². The largest absolute Gasteiger partial charge is 0.490 e. The lowest BCUT2D eigenvalue weighted by Crippen LogP contribution is -2.52. The summed E-state index contributed by atoms with van der Waals surface area (Å²) in [5.74, 6) is 0.516. The minimum absolute atomic E-state index is 0.0286. The van der Waals surface area contributed by atoms with Crippen LogP contribution in [-0.4, -0.2) is 81.1 Å². The molecule has 4 heterocycles. The summed E-state index contributed by atoms with van der Waals surface area (Å²) < 4.78 is 7.79.